The number of amides is 1. The minimum atomic E-state index is -0.0162. The van der Waals surface area contributed by atoms with Gasteiger partial charge >= 0.3 is 0 Å². The number of nitrogens with zero attached hydrogens (tertiary/aromatic N) is 1. The molecule has 1 fully saturated rings. The van der Waals surface area contributed by atoms with Gasteiger partial charge in [0.05, 0.1) is 0 Å². The molecule has 0 aromatic heterocycles. The molecule has 0 aromatic carbocycles. The Balaban J connectivity index is 2.40. The molecule has 0 aromatic rings. The Morgan fingerprint density at radius 2 is 2.40 bits per heavy atom. The van der Waals surface area contributed by atoms with Gasteiger partial charge in [0.2, 0.25) is 5.91 Å². The quantitative estimate of drug-likeness (QED) is 0.755. The van der Waals surface area contributed by atoms with Gasteiger partial charge in [0.25, 0.3) is 0 Å². The van der Waals surface area contributed by atoms with Crippen molar-refractivity contribution in [3.8, 4) is 0 Å². The van der Waals surface area contributed by atoms with Crippen molar-refractivity contribution in [2.45, 2.75) is 32.7 Å². The van der Waals surface area contributed by atoms with Crippen LogP contribution in [-0.4, -0.2) is 35.5 Å². The van der Waals surface area contributed by atoms with Gasteiger partial charge in [-0.1, -0.05) is 18.7 Å². The Labute approximate surface area is 95.3 Å². The fraction of sp³-hybridized carbons (Fsp3) is 0.800. The van der Waals surface area contributed by atoms with Crippen LogP contribution in [0.1, 0.15) is 27.2 Å². The molecule has 0 spiro atoms. The smallest absolute Gasteiger partial charge is 0.241 e. The van der Waals surface area contributed by atoms with Crippen molar-refractivity contribution in [2.24, 2.45) is 4.99 Å². The van der Waals surface area contributed by atoms with Gasteiger partial charge in [-0.2, -0.15) is 0 Å². The van der Waals surface area contributed by atoms with Gasteiger partial charge in [0.15, 0.2) is 5.17 Å². The van der Waals surface area contributed by atoms with E-state index >= 15 is 0 Å². The molecule has 1 unspecified atom stereocenters. The summed E-state index contributed by atoms with van der Waals surface area (Å²) in [6.07, 6.45) is 1.07. The highest BCUT2D eigenvalue weighted by Crippen LogP contribution is 2.25. The lowest BCUT2D eigenvalue weighted by Gasteiger charge is -2.20. The molecule has 15 heavy (non-hydrogen) atoms. The summed E-state index contributed by atoms with van der Waals surface area (Å²) in [6, 6.07) is 0. The highest BCUT2D eigenvalue weighted by Gasteiger charge is 2.30. The number of carbonyl (C=O) groups is 1. The van der Waals surface area contributed by atoms with Crippen molar-refractivity contribution in [2.75, 3.05) is 18.8 Å². The van der Waals surface area contributed by atoms with Crippen LogP contribution in [0.15, 0.2) is 4.99 Å². The van der Waals surface area contributed by atoms with Crippen LogP contribution in [0, 0.1) is 0 Å². The van der Waals surface area contributed by atoms with Crippen LogP contribution >= 0.6 is 11.8 Å². The van der Waals surface area contributed by atoms with E-state index in [9.17, 15) is 4.79 Å². The summed E-state index contributed by atoms with van der Waals surface area (Å²) in [5.74, 6) is 1.01. The van der Waals surface area contributed by atoms with Crippen molar-refractivity contribution in [1.82, 2.24) is 10.6 Å². The molecule has 1 amide bonds. The summed E-state index contributed by atoms with van der Waals surface area (Å²) in [4.78, 5) is 15.4. The third-order valence-electron chi connectivity index (χ3n) is 2.46. The largest absolute Gasteiger partial charge is 0.359 e. The molecule has 0 bridgehead atoms. The normalized spacial score (nSPS) is 27.8. The number of amidine groups is 1. The second-order valence-corrected chi connectivity index (χ2v) is 4.87. The summed E-state index contributed by atoms with van der Waals surface area (Å²) in [6.45, 7) is 7.12. The number of hydrogen-bond acceptors (Lipinski definition) is 3. The van der Waals surface area contributed by atoms with Crippen LogP contribution in [0.3, 0.4) is 0 Å². The van der Waals surface area contributed by atoms with Gasteiger partial charge in [-0.05, 0) is 20.3 Å². The van der Waals surface area contributed by atoms with Crippen LogP contribution in [0.25, 0.3) is 0 Å². The van der Waals surface area contributed by atoms with Gasteiger partial charge in [-0.15, -0.1) is 0 Å². The maximum atomic E-state index is 11.2. The van der Waals surface area contributed by atoms with E-state index in [1.165, 1.54) is 0 Å². The van der Waals surface area contributed by atoms with E-state index in [1.807, 2.05) is 6.92 Å². The van der Waals surface area contributed by atoms with Crippen molar-refractivity contribution in [3.05, 3.63) is 0 Å². The molecule has 0 saturated carbocycles. The number of nitrogens with one attached hydrogen (secondary N) is 2. The average Bonchev–Trinajstić information content (AvgIpc) is 2.59. The predicted octanol–water partition coefficient (Wildman–Crippen LogP) is 0.984. The third kappa shape index (κ3) is 3.74. The van der Waals surface area contributed by atoms with Crippen LogP contribution in [0.5, 0.6) is 0 Å². The first-order valence-corrected chi connectivity index (χ1v) is 6.30. The highest BCUT2D eigenvalue weighted by molar-refractivity contribution is 8.14. The highest BCUT2D eigenvalue weighted by atomic mass is 32.2. The molecule has 1 heterocycles. The fourth-order valence-corrected chi connectivity index (χ4v) is 2.44. The lowest BCUT2D eigenvalue weighted by molar-refractivity contribution is -0.119. The summed E-state index contributed by atoms with van der Waals surface area (Å²) < 4.78 is 0. The topological polar surface area (TPSA) is 53.5 Å². The van der Waals surface area contributed by atoms with E-state index in [0.717, 1.165) is 17.3 Å². The molecular formula is C10H19N3OS. The molecule has 4 nitrogen and oxygen atoms in total. The van der Waals surface area contributed by atoms with Gasteiger partial charge in [-0.3, -0.25) is 9.79 Å². The number of aliphatic imine (C=N–C) groups is 1. The molecule has 1 aliphatic heterocycles. The Morgan fingerprint density at radius 1 is 1.67 bits per heavy atom. The molecule has 86 valence electrons. The van der Waals surface area contributed by atoms with Gasteiger partial charge in [0, 0.05) is 17.8 Å². The number of carbonyl (C=O) groups excluding carboxylic acids is 1. The summed E-state index contributed by atoms with van der Waals surface area (Å²) in [5, 5.41) is 6.96. The van der Waals surface area contributed by atoms with Crippen LogP contribution in [0.2, 0.25) is 0 Å². The van der Waals surface area contributed by atoms with E-state index in [4.69, 9.17) is 0 Å². The zero-order valence-corrected chi connectivity index (χ0v) is 10.4. The first kappa shape index (κ1) is 12.4. The van der Waals surface area contributed by atoms with Crippen LogP contribution in [-0.2, 0) is 4.79 Å². The van der Waals surface area contributed by atoms with Gasteiger partial charge in [-0.25, -0.2) is 0 Å². The first-order chi connectivity index (χ1) is 7.09. The lowest BCUT2D eigenvalue weighted by Crippen LogP contribution is -2.40. The lowest BCUT2D eigenvalue weighted by atomic mass is 10.0. The third-order valence-corrected chi connectivity index (χ3v) is 3.74. The van der Waals surface area contributed by atoms with Crippen molar-refractivity contribution < 1.29 is 4.79 Å². The maximum Gasteiger partial charge on any atom is 0.241 e. The van der Waals surface area contributed by atoms with E-state index in [0.29, 0.717) is 6.54 Å². The van der Waals surface area contributed by atoms with E-state index in [1.54, 1.807) is 11.8 Å². The Bertz CT molecular complexity index is 267. The number of likely N-dealkylation sites (N-methyl/N-ethyl adjacent to an activating group) is 1. The summed E-state index contributed by atoms with van der Waals surface area (Å²) >= 11 is 1.69. The van der Waals surface area contributed by atoms with Crippen molar-refractivity contribution >= 4 is 22.8 Å². The van der Waals surface area contributed by atoms with Crippen LogP contribution < -0.4 is 10.6 Å². The molecule has 1 saturated heterocycles. The van der Waals surface area contributed by atoms with E-state index in [-0.39, 0.29) is 18.0 Å². The average molecular weight is 229 g/mol. The SMILES string of the molecule is CCNC(=O)CN=C1NC(C)(CC)CS1. The number of thioether (sulfide) groups is 1. The molecule has 5 heteroatoms. The fourth-order valence-electron chi connectivity index (χ4n) is 1.23. The Hall–Kier alpha value is -0.710. The summed E-state index contributed by atoms with van der Waals surface area (Å²) in [5.41, 5.74) is 0.144. The van der Waals surface area contributed by atoms with E-state index in [2.05, 4.69) is 29.5 Å². The maximum absolute atomic E-state index is 11.2. The zero-order valence-electron chi connectivity index (χ0n) is 9.59. The Kier molecular flexibility index (Phi) is 4.45. The monoisotopic (exact) mass is 229 g/mol. The minimum Gasteiger partial charge on any atom is -0.359 e. The minimum absolute atomic E-state index is 0.0162. The standard InChI is InChI=1S/C10H19N3OS/c1-4-10(3)7-15-9(13-10)12-6-8(14)11-5-2/h4-7H2,1-3H3,(H,11,14)(H,12,13). The molecule has 0 radical (unpaired) electrons. The summed E-state index contributed by atoms with van der Waals surface area (Å²) in [7, 11) is 0. The van der Waals surface area contributed by atoms with E-state index < -0.39 is 0 Å². The van der Waals surface area contributed by atoms with Crippen molar-refractivity contribution in [3.63, 3.8) is 0 Å². The number of hydrogen-bond donors (Lipinski definition) is 2. The van der Waals surface area contributed by atoms with Crippen molar-refractivity contribution in [1.29, 1.82) is 0 Å². The zero-order chi connectivity index (χ0) is 11.3. The van der Waals surface area contributed by atoms with Crippen LogP contribution in [0.4, 0.5) is 0 Å². The number of rotatable bonds is 4. The first-order valence-electron chi connectivity index (χ1n) is 5.32. The predicted molar refractivity (Wildman–Crippen MR) is 65.3 cm³/mol. The molecule has 0 aliphatic carbocycles. The molecule has 1 aliphatic rings. The molecule has 2 N–H and O–H groups in total. The van der Waals surface area contributed by atoms with Gasteiger partial charge < -0.3 is 10.6 Å². The molecular weight excluding hydrogens is 210 g/mol. The Morgan fingerprint density at radius 3 is 2.93 bits per heavy atom. The van der Waals surface area contributed by atoms with Gasteiger partial charge in [0.1, 0.15) is 6.54 Å². The second-order valence-electron chi connectivity index (χ2n) is 3.90. The molecule has 1 atom stereocenters. The molecule has 1 rings (SSSR count). The second kappa shape index (κ2) is 5.39.